The Morgan fingerprint density at radius 3 is 2.47 bits per heavy atom. The fourth-order valence-electron chi connectivity index (χ4n) is 2.25. The van der Waals surface area contributed by atoms with E-state index < -0.39 is 0 Å². The molecule has 0 spiro atoms. The van der Waals surface area contributed by atoms with Crippen LogP contribution in [0.3, 0.4) is 0 Å². The lowest BCUT2D eigenvalue weighted by molar-refractivity contribution is 0.519. The number of nitrogens with zero attached hydrogens (tertiary/aromatic N) is 1. The van der Waals surface area contributed by atoms with E-state index in [0.717, 1.165) is 13.0 Å². The van der Waals surface area contributed by atoms with Gasteiger partial charge < -0.3 is 9.88 Å². The molecule has 1 aromatic heterocycles. The van der Waals surface area contributed by atoms with Crippen molar-refractivity contribution in [2.45, 2.75) is 19.4 Å². The normalized spacial score (nSPS) is 12.6. The maximum atomic E-state index is 3.24. The van der Waals surface area contributed by atoms with Crippen molar-refractivity contribution in [3.8, 4) is 0 Å². The highest BCUT2D eigenvalue weighted by Crippen LogP contribution is 2.23. The molecule has 17 heavy (non-hydrogen) atoms. The molecule has 1 heterocycles. The van der Waals surface area contributed by atoms with E-state index in [9.17, 15) is 0 Å². The Bertz CT molecular complexity index is 445. The van der Waals surface area contributed by atoms with Gasteiger partial charge in [-0.25, -0.2) is 0 Å². The highest BCUT2D eigenvalue weighted by Gasteiger charge is 2.13. The van der Waals surface area contributed by atoms with Crippen LogP contribution in [0.2, 0.25) is 0 Å². The first-order valence-electron chi connectivity index (χ1n) is 6.16. The van der Waals surface area contributed by atoms with E-state index in [1.807, 2.05) is 7.05 Å². The van der Waals surface area contributed by atoms with E-state index in [-0.39, 0.29) is 0 Å². The van der Waals surface area contributed by atoms with Crippen molar-refractivity contribution < 1.29 is 0 Å². The van der Waals surface area contributed by atoms with E-state index in [2.05, 4.69) is 65.5 Å². The maximum absolute atomic E-state index is 3.24. The van der Waals surface area contributed by atoms with Gasteiger partial charge in [0.05, 0.1) is 6.04 Å². The topological polar surface area (TPSA) is 17.0 Å². The zero-order valence-corrected chi connectivity index (χ0v) is 10.6. The molecule has 2 rings (SSSR count). The summed E-state index contributed by atoms with van der Waals surface area (Å²) in [5.74, 6) is 0. The Morgan fingerprint density at radius 1 is 1.12 bits per heavy atom. The number of aryl methyl sites for hydroxylation is 1. The summed E-state index contributed by atoms with van der Waals surface area (Å²) in [7, 11) is 2.00. The molecule has 0 saturated heterocycles. The van der Waals surface area contributed by atoms with Crippen LogP contribution in [0.15, 0.2) is 48.7 Å². The van der Waals surface area contributed by atoms with Crippen LogP contribution in [-0.2, 0) is 0 Å². The van der Waals surface area contributed by atoms with Gasteiger partial charge in [0, 0.05) is 11.9 Å². The summed E-state index contributed by atoms with van der Waals surface area (Å²) in [4.78, 5) is 0. The summed E-state index contributed by atoms with van der Waals surface area (Å²) in [6.45, 7) is 3.19. The van der Waals surface area contributed by atoms with E-state index >= 15 is 0 Å². The van der Waals surface area contributed by atoms with Gasteiger partial charge in [-0.2, -0.15) is 0 Å². The Labute approximate surface area is 103 Å². The zero-order valence-electron chi connectivity index (χ0n) is 10.6. The predicted octanol–water partition coefficient (Wildman–Crippen LogP) is 3.00. The third kappa shape index (κ3) is 2.77. The first kappa shape index (κ1) is 11.9. The molecule has 2 aromatic rings. The fourth-order valence-corrected chi connectivity index (χ4v) is 2.25. The minimum Gasteiger partial charge on any atom is -0.344 e. The molecule has 0 saturated carbocycles. The second-order valence-electron chi connectivity index (χ2n) is 4.38. The van der Waals surface area contributed by atoms with Crippen LogP contribution in [0.5, 0.6) is 0 Å². The van der Waals surface area contributed by atoms with Crippen LogP contribution in [0, 0.1) is 6.92 Å². The van der Waals surface area contributed by atoms with E-state index in [0.29, 0.717) is 6.04 Å². The molecule has 1 N–H and O–H groups in total. The molecule has 1 aromatic carbocycles. The third-order valence-electron chi connectivity index (χ3n) is 3.18. The molecule has 0 fully saturated rings. The van der Waals surface area contributed by atoms with Crippen LogP contribution in [0.25, 0.3) is 0 Å². The van der Waals surface area contributed by atoms with E-state index in [4.69, 9.17) is 0 Å². The minimum atomic E-state index is 0.429. The van der Waals surface area contributed by atoms with Gasteiger partial charge in [0.2, 0.25) is 0 Å². The molecule has 1 atom stereocenters. The van der Waals surface area contributed by atoms with Crippen LogP contribution in [-0.4, -0.2) is 18.2 Å². The Balaban J connectivity index is 2.29. The van der Waals surface area contributed by atoms with Crippen molar-refractivity contribution in [1.82, 2.24) is 9.88 Å². The van der Waals surface area contributed by atoms with Crippen LogP contribution in [0.4, 0.5) is 0 Å². The fraction of sp³-hybridized carbons (Fsp3) is 0.333. The van der Waals surface area contributed by atoms with Crippen LogP contribution >= 0.6 is 0 Å². The standard InChI is InChI=1S/C15H20N2/c1-13-7-6-12-17(13)15(10-11-16-2)14-8-4-3-5-9-14/h3-9,12,15-16H,10-11H2,1-2H3. The second-order valence-corrected chi connectivity index (χ2v) is 4.38. The summed E-state index contributed by atoms with van der Waals surface area (Å²) in [5, 5.41) is 3.24. The SMILES string of the molecule is CNCCC(c1ccccc1)n1cccc1C. The van der Waals surface area contributed by atoms with E-state index in [1.165, 1.54) is 11.3 Å². The Morgan fingerprint density at radius 2 is 1.88 bits per heavy atom. The first-order chi connectivity index (χ1) is 8.33. The van der Waals surface area contributed by atoms with E-state index in [1.54, 1.807) is 0 Å². The van der Waals surface area contributed by atoms with Gasteiger partial charge in [0.1, 0.15) is 0 Å². The maximum Gasteiger partial charge on any atom is 0.0594 e. The average molecular weight is 228 g/mol. The summed E-state index contributed by atoms with van der Waals surface area (Å²) in [5.41, 5.74) is 2.69. The number of hydrogen-bond donors (Lipinski definition) is 1. The Hall–Kier alpha value is -1.54. The summed E-state index contributed by atoms with van der Waals surface area (Å²) in [6.07, 6.45) is 3.28. The highest BCUT2D eigenvalue weighted by atomic mass is 15.0. The smallest absolute Gasteiger partial charge is 0.0594 e. The molecule has 2 nitrogen and oxygen atoms in total. The van der Waals surface area contributed by atoms with Crippen LogP contribution < -0.4 is 5.32 Å². The molecule has 0 aliphatic carbocycles. The predicted molar refractivity (Wildman–Crippen MR) is 72.3 cm³/mol. The monoisotopic (exact) mass is 228 g/mol. The molecule has 1 unspecified atom stereocenters. The summed E-state index contributed by atoms with van der Waals surface area (Å²) >= 11 is 0. The summed E-state index contributed by atoms with van der Waals surface area (Å²) < 4.78 is 2.35. The second kappa shape index (κ2) is 5.69. The lowest BCUT2D eigenvalue weighted by Crippen LogP contribution is -2.18. The largest absolute Gasteiger partial charge is 0.344 e. The molecule has 2 heteroatoms. The molecule has 0 radical (unpaired) electrons. The van der Waals surface area contributed by atoms with Crippen molar-refractivity contribution in [3.05, 3.63) is 59.9 Å². The lowest BCUT2D eigenvalue weighted by atomic mass is 10.0. The highest BCUT2D eigenvalue weighted by molar-refractivity contribution is 5.22. The van der Waals surface area contributed by atoms with Crippen molar-refractivity contribution in [1.29, 1.82) is 0 Å². The van der Waals surface area contributed by atoms with Gasteiger partial charge in [0.15, 0.2) is 0 Å². The van der Waals surface area contributed by atoms with Gasteiger partial charge in [-0.3, -0.25) is 0 Å². The average Bonchev–Trinajstić information content (AvgIpc) is 2.78. The summed E-state index contributed by atoms with van der Waals surface area (Å²) in [6, 6.07) is 15.4. The minimum absolute atomic E-state index is 0.429. The molecule has 0 aliphatic heterocycles. The molecular formula is C15H20N2. The van der Waals surface area contributed by atoms with Crippen molar-refractivity contribution in [2.75, 3.05) is 13.6 Å². The molecule has 90 valence electrons. The van der Waals surface area contributed by atoms with Crippen molar-refractivity contribution >= 4 is 0 Å². The lowest BCUT2D eigenvalue weighted by Gasteiger charge is -2.21. The third-order valence-corrected chi connectivity index (χ3v) is 3.18. The van der Waals surface area contributed by atoms with Gasteiger partial charge in [-0.05, 0) is 44.6 Å². The zero-order chi connectivity index (χ0) is 12.1. The van der Waals surface area contributed by atoms with Gasteiger partial charge in [0.25, 0.3) is 0 Å². The quantitative estimate of drug-likeness (QED) is 0.832. The molecular weight excluding hydrogens is 208 g/mol. The number of benzene rings is 1. The number of nitrogens with one attached hydrogen (secondary N) is 1. The van der Waals surface area contributed by atoms with Crippen molar-refractivity contribution in [3.63, 3.8) is 0 Å². The van der Waals surface area contributed by atoms with Gasteiger partial charge >= 0.3 is 0 Å². The first-order valence-corrected chi connectivity index (χ1v) is 6.16. The van der Waals surface area contributed by atoms with Crippen molar-refractivity contribution in [2.24, 2.45) is 0 Å². The molecule has 0 bridgehead atoms. The number of aromatic nitrogens is 1. The number of hydrogen-bond acceptors (Lipinski definition) is 1. The molecule has 0 aliphatic rings. The van der Waals surface area contributed by atoms with Gasteiger partial charge in [-0.15, -0.1) is 0 Å². The number of rotatable bonds is 5. The molecule has 0 amide bonds. The van der Waals surface area contributed by atoms with Gasteiger partial charge in [-0.1, -0.05) is 30.3 Å². The van der Waals surface area contributed by atoms with Crippen LogP contribution in [0.1, 0.15) is 23.7 Å². The Kier molecular flexibility index (Phi) is 3.99.